The molecule has 4 rings (SSSR count). The van der Waals surface area contributed by atoms with Gasteiger partial charge in [-0.3, -0.25) is 4.79 Å². The lowest BCUT2D eigenvalue weighted by Crippen LogP contribution is -2.42. The van der Waals surface area contributed by atoms with Crippen molar-refractivity contribution in [3.8, 4) is 0 Å². The van der Waals surface area contributed by atoms with Gasteiger partial charge in [-0.25, -0.2) is 9.97 Å². The minimum atomic E-state index is 0.0701. The molecule has 1 amide bonds. The third-order valence-electron chi connectivity index (χ3n) is 5.29. The number of aromatic amines is 1. The van der Waals surface area contributed by atoms with Gasteiger partial charge in [-0.15, -0.1) is 0 Å². The van der Waals surface area contributed by atoms with Crippen LogP contribution in [-0.2, 0) is 6.54 Å². The zero-order chi connectivity index (χ0) is 19.3. The van der Waals surface area contributed by atoms with Crippen LogP contribution in [0, 0.1) is 0 Å². The molecule has 0 radical (unpaired) electrons. The number of nitrogens with one attached hydrogen (secondary N) is 2. The predicted octanol–water partition coefficient (Wildman–Crippen LogP) is 3.65. The van der Waals surface area contributed by atoms with Crippen LogP contribution >= 0.6 is 0 Å². The number of fused-ring (bicyclic) bond motifs is 1. The Morgan fingerprint density at radius 3 is 3.00 bits per heavy atom. The first-order valence-corrected chi connectivity index (χ1v) is 9.81. The molecule has 6 nitrogen and oxygen atoms in total. The molecule has 1 aliphatic rings. The standard InChI is InChI=1S/C22H25N5O/c1-2-27(22(28)21-12-16-6-3-4-9-20(16)26-21)19-8-5-7-17(13-19)24-14-18-10-11-23-15-25-18/h3-4,6-7,9-12,15,19,24,26H,2,5,8,13-14H2,1H3. The number of carbonyl (C=O) groups is 1. The first kappa shape index (κ1) is 18.2. The summed E-state index contributed by atoms with van der Waals surface area (Å²) < 4.78 is 0. The topological polar surface area (TPSA) is 73.9 Å². The Balaban J connectivity index is 1.44. The molecule has 3 aromatic rings. The zero-order valence-corrected chi connectivity index (χ0v) is 16.1. The Morgan fingerprint density at radius 2 is 2.21 bits per heavy atom. The first-order chi connectivity index (χ1) is 13.7. The third kappa shape index (κ3) is 3.91. The van der Waals surface area contributed by atoms with E-state index >= 15 is 0 Å². The van der Waals surface area contributed by atoms with Gasteiger partial charge in [-0.05, 0) is 38.0 Å². The van der Waals surface area contributed by atoms with Crippen LogP contribution in [0.25, 0.3) is 10.9 Å². The van der Waals surface area contributed by atoms with Gasteiger partial charge >= 0.3 is 0 Å². The van der Waals surface area contributed by atoms with Crippen molar-refractivity contribution >= 4 is 16.8 Å². The minimum Gasteiger partial charge on any atom is -0.383 e. The van der Waals surface area contributed by atoms with Crippen molar-refractivity contribution in [1.82, 2.24) is 25.2 Å². The molecule has 0 saturated heterocycles. The third-order valence-corrected chi connectivity index (χ3v) is 5.29. The van der Waals surface area contributed by atoms with Gasteiger partial charge in [0.25, 0.3) is 5.91 Å². The van der Waals surface area contributed by atoms with E-state index in [2.05, 4.69) is 26.3 Å². The van der Waals surface area contributed by atoms with Gasteiger partial charge in [0.05, 0.1) is 12.2 Å². The normalized spacial score (nSPS) is 16.6. The molecule has 144 valence electrons. The van der Waals surface area contributed by atoms with Crippen molar-refractivity contribution in [2.24, 2.45) is 0 Å². The predicted molar refractivity (Wildman–Crippen MR) is 110 cm³/mol. The Bertz CT molecular complexity index is 946. The second-order valence-electron chi connectivity index (χ2n) is 7.08. The molecule has 28 heavy (non-hydrogen) atoms. The number of aromatic nitrogens is 3. The van der Waals surface area contributed by atoms with Gasteiger partial charge < -0.3 is 15.2 Å². The molecular weight excluding hydrogens is 350 g/mol. The fourth-order valence-corrected chi connectivity index (χ4v) is 3.84. The van der Waals surface area contributed by atoms with Gasteiger partial charge in [0.2, 0.25) is 0 Å². The van der Waals surface area contributed by atoms with Crippen molar-refractivity contribution < 1.29 is 4.79 Å². The van der Waals surface area contributed by atoms with E-state index < -0.39 is 0 Å². The Hall–Kier alpha value is -3.15. The van der Waals surface area contributed by atoms with Crippen LogP contribution in [0.5, 0.6) is 0 Å². The van der Waals surface area contributed by atoms with E-state index in [1.807, 2.05) is 48.2 Å². The molecule has 0 aliphatic heterocycles. The van der Waals surface area contributed by atoms with E-state index in [0.29, 0.717) is 18.8 Å². The largest absolute Gasteiger partial charge is 0.383 e. The average molecular weight is 375 g/mol. The second-order valence-corrected chi connectivity index (χ2v) is 7.08. The highest BCUT2D eigenvalue weighted by atomic mass is 16.2. The van der Waals surface area contributed by atoms with Crippen LogP contribution in [0.1, 0.15) is 42.4 Å². The Labute approximate surface area is 164 Å². The van der Waals surface area contributed by atoms with E-state index in [1.165, 1.54) is 5.70 Å². The minimum absolute atomic E-state index is 0.0701. The summed E-state index contributed by atoms with van der Waals surface area (Å²) in [4.78, 5) is 26.6. The summed E-state index contributed by atoms with van der Waals surface area (Å²) in [6.07, 6.45) is 8.34. The van der Waals surface area contributed by atoms with Gasteiger partial charge in [-0.1, -0.05) is 24.3 Å². The number of carbonyl (C=O) groups excluding carboxylic acids is 1. The van der Waals surface area contributed by atoms with Crippen LogP contribution in [0.2, 0.25) is 0 Å². The summed E-state index contributed by atoms with van der Waals surface area (Å²) in [5.41, 5.74) is 3.79. The van der Waals surface area contributed by atoms with Gasteiger partial charge in [0, 0.05) is 41.8 Å². The smallest absolute Gasteiger partial charge is 0.270 e. The fourth-order valence-electron chi connectivity index (χ4n) is 3.84. The second kappa shape index (κ2) is 8.25. The number of hydrogen-bond donors (Lipinski definition) is 2. The lowest BCUT2D eigenvalue weighted by Gasteiger charge is -2.33. The van der Waals surface area contributed by atoms with Crippen LogP contribution < -0.4 is 5.32 Å². The number of nitrogens with zero attached hydrogens (tertiary/aromatic N) is 3. The Kier molecular flexibility index (Phi) is 5.37. The van der Waals surface area contributed by atoms with Crippen LogP contribution in [0.3, 0.4) is 0 Å². The van der Waals surface area contributed by atoms with E-state index in [1.54, 1.807) is 12.5 Å². The summed E-state index contributed by atoms with van der Waals surface area (Å²) in [6, 6.07) is 12.1. The van der Waals surface area contributed by atoms with Gasteiger partial charge in [0.15, 0.2) is 0 Å². The molecule has 0 saturated carbocycles. The van der Waals surface area contributed by atoms with E-state index in [9.17, 15) is 4.79 Å². The van der Waals surface area contributed by atoms with Gasteiger partial charge in [-0.2, -0.15) is 0 Å². The molecule has 0 fully saturated rings. The Morgan fingerprint density at radius 1 is 1.32 bits per heavy atom. The van der Waals surface area contributed by atoms with E-state index in [4.69, 9.17) is 0 Å². The van der Waals surface area contributed by atoms with Crippen molar-refractivity contribution in [2.75, 3.05) is 6.54 Å². The number of amides is 1. The van der Waals surface area contributed by atoms with Crippen LogP contribution in [-0.4, -0.2) is 38.3 Å². The molecule has 2 aromatic heterocycles. The lowest BCUT2D eigenvalue weighted by atomic mass is 9.97. The van der Waals surface area contributed by atoms with Crippen molar-refractivity contribution in [1.29, 1.82) is 0 Å². The maximum Gasteiger partial charge on any atom is 0.270 e. The fraction of sp³-hybridized carbons (Fsp3) is 0.318. The summed E-state index contributed by atoms with van der Waals surface area (Å²) in [6.45, 7) is 3.41. The molecule has 1 aromatic carbocycles. The SMILES string of the molecule is CCN(C(=O)c1cc2ccccc2[nH]1)C1CCC=C(NCc2ccncn2)C1. The molecule has 1 unspecified atom stereocenters. The molecule has 0 bridgehead atoms. The van der Waals surface area contributed by atoms with Crippen molar-refractivity contribution in [3.63, 3.8) is 0 Å². The number of rotatable bonds is 6. The van der Waals surface area contributed by atoms with Crippen molar-refractivity contribution in [2.45, 2.75) is 38.8 Å². The van der Waals surface area contributed by atoms with Gasteiger partial charge in [0.1, 0.15) is 12.0 Å². The molecule has 6 heteroatoms. The van der Waals surface area contributed by atoms with Crippen molar-refractivity contribution in [3.05, 3.63) is 72.1 Å². The number of para-hydroxylation sites is 1. The monoisotopic (exact) mass is 375 g/mol. The summed E-state index contributed by atoms with van der Waals surface area (Å²) in [5, 5.41) is 4.54. The molecule has 2 heterocycles. The zero-order valence-electron chi connectivity index (χ0n) is 16.1. The van der Waals surface area contributed by atoms with Crippen LogP contribution in [0.15, 0.2) is 60.7 Å². The average Bonchev–Trinajstić information content (AvgIpc) is 3.18. The summed E-state index contributed by atoms with van der Waals surface area (Å²) in [7, 11) is 0. The highest BCUT2D eigenvalue weighted by Crippen LogP contribution is 2.24. The number of H-pyrrole nitrogens is 1. The number of hydrogen-bond acceptors (Lipinski definition) is 4. The number of allylic oxidation sites excluding steroid dienone is 1. The highest BCUT2D eigenvalue weighted by Gasteiger charge is 2.27. The van der Waals surface area contributed by atoms with E-state index in [0.717, 1.165) is 35.9 Å². The quantitative estimate of drug-likeness (QED) is 0.690. The number of benzene rings is 1. The molecule has 1 atom stereocenters. The van der Waals surface area contributed by atoms with E-state index in [-0.39, 0.29) is 11.9 Å². The lowest BCUT2D eigenvalue weighted by molar-refractivity contribution is 0.0669. The molecule has 0 spiro atoms. The summed E-state index contributed by atoms with van der Waals surface area (Å²) >= 11 is 0. The molecule has 1 aliphatic carbocycles. The summed E-state index contributed by atoms with van der Waals surface area (Å²) in [5.74, 6) is 0.0701. The molecular formula is C22H25N5O. The first-order valence-electron chi connectivity index (χ1n) is 9.81. The van der Waals surface area contributed by atoms with Crippen LogP contribution in [0.4, 0.5) is 0 Å². The molecule has 2 N–H and O–H groups in total. The maximum atomic E-state index is 13.2. The maximum absolute atomic E-state index is 13.2. The highest BCUT2D eigenvalue weighted by molar-refractivity contribution is 5.98.